The van der Waals surface area contributed by atoms with E-state index in [-0.39, 0.29) is 24.6 Å². The summed E-state index contributed by atoms with van der Waals surface area (Å²) in [5.74, 6) is -1.30. The quantitative estimate of drug-likeness (QED) is 0.916. The molecule has 1 saturated heterocycles. The van der Waals surface area contributed by atoms with Gasteiger partial charge in [-0.1, -0.05) is 24.3 Å². The standard InChI is InChI=1S/C17H14F2N2O/c18-12-5-6-13(14(19)7-12)10-1-3-11(4-2-10)17-15(8-20)21-16(17)9-22/h1-7,15-17,21-22H,9H2/t15-,16-,17-/m0/s1. The first-order valence-corrected chi connectivity index (χ1v) is 6.96. The molecule has 0 unspecified atom stereocenters. The first-order valence-electron chi connectivity index (χ1n) is 6.96. The second-order valence-corrected chi connectivity index (χ2v) is 5.33. The van der Waals surface area contributed by atoms with Crippen LogP contribution in [0.2, 0.25) is 0 Å². The number of rotatable bonds is 3. The number of benzene rings is 2. The van der Waals surface area contributed by atoms with Gasteiger partial charge in [0, 0.05) is 23.6 Å². The number of nitrogens with one attached hydrogen (secondary N) is 1. The summed E-state index contributed by atoms with van der Waals surface area (Å²) in [5, 5.41) is 21.3. The summed E-state index contributed by atoms with van der Waals surface area (Å²) < 4.78 is 26.7. The molecule has 0 aromatic heterocycles. The van der Waals surface area contributed by atoms with Gasteiger partial charge < -0.3 is 5.11 Å². The number of aliphatic hydroxyl groups excluding tert-OH is 1. The summed E-state index contributed by atoms with van der Waals surface area (Å²) in [7, 11) is 0. The Morgan fingerprint density at radius 2 is 1.86 bits per heavy atom. The third-order valence-corrected chi connectivity index (χ3v) is 4.06. The predicted octanol–water partition coefficient (Wildman–Crippen LogP) is 2.57. The highest BCUT2D eigenvalue weighted by atomic mass is 19.1. The Balaban J connectivity index is 1.88. The summed E-state index contributed by atoms with van der Waals surface area (Å²) in [5.41, 5.74) is 1.88. The van der Waals surface area contributed by atoms with E-state index in [4.69, 9.17) is 5.26 Å². The third kappa shape index (κ3) is 2.47. The lowest BCUT2D eigenvalue weighted by Crippen LogP contribution is -2.60. The lowest BCUT2D eigenvalue weighted by atomic mass is 9.78. The lowest BCUT2D eigenvalue weighted by Gasteiger charge is -2.41. The molecule has 0 saturated carbocycles. The van der Waals surface area contributed by atoms with E-state index in [1.165, 1.54) is 12.1 Å². The van der Waals surface area contributed by atoms with Gasteiger partial charge in [-0.2, -0.15) is 5.26 Å². The molecule has 22 heavy (non-hydrogen) atoms. The molecule has 0 amide bonds. The number of hydrogen-bond donors (Lipinski definition) is 2. The maximum atomic E-state index is 13.8. The van der Waals surface area contributed by atoms with E-state index in [2.05, 4.69) is 11.4 Å². The molecule has 1 aliphatic heterocycles. The van der Waals surface area contributed by atoms with Crippen LogP contribution in [0.1, 0.15) is 11.5 Å². The molecule has 2 aromatic carbocycles. The van der Waals surface area contributed by atoms with E-state index in [0.717, 1.165) is 11.6 Å². The topological polar surface area (TPSA) is 56.0 Å². The SMILES string of the molecule is N#C[C@@H]1N[C@@H](CO)[C@H]1c1ccc(-c2ccc(F)cc2F)cc1. The van der Waals surface area contributed by atoms with Crippen molar-refractivity contribution in [2.75, 3.05) is 6.61 Å². The number of nitrogens with zero attached hydrogens (tertiary/aromatic N) is 1. The van der Waals surface area contributed by atoms with Crippen molar-refractivity contribution in [1.82, 2.24) is 5.32 Å². The molecule has 1 fully saturated rings. The zero-order valence-corrected chi connectivity index (χ0v) is 11.6. The molecule has 0 aliphatic carbocycles. The van der Waals surface area contributed by atoms with Crippen LogP contribution >= 0.6 is 0 Å². The van der Waals surface area contributed by atoms with Gasteiger partial charge in [0.05, 0.1) is 12.7 Å². The van der Waals surface area contributed by atoms with E-state index in [9.17, 15) is 13.9 Å². The van der Waals surface area contributed by atoms with Gasteiger partial charge in [-0.05, 0) is 23.3 Å². The van der Waals surface area contributed by atoms with E-state index in [1.807, 2.05) is 12.1 Å². The number of nitriles is 1. The molecule has 0 spiro atoms. The number of hydrogen-bond acceptors (Lipinski definition) is 3. The van der Waals surface area contributed by atoms with Gasteiger partial charge in [-0.3, -0.25) is 5.32 Å². The molecule has 2 aromatic rings. The van der Waals surface area contributed by atoms with Gasteiger partial charge in [0.2, 0.25) is 0 Å². The minimum Gasteiger partial charge on any atom is -0.395 e. The van der Waals surface area contributed by atoms with Gasteiger partial charge in [-0.25, -0.2) is 8.78 Å². The lowest BCUT2D eigenvalue weighted by molar-refractivity contribution is 0.151. The van der Waals surface area contributed by atoms with Crippen LogP contribution in [0.3, 0.4) is 0 Å². The molecule has 5 heteroatoms. The maximum Gasteiger partial charge on any atom is 0.133 e. The summed E-state index contributed by atoms with van der Waals surface area (Å²) in [6, 6.07) is 12.3. The fourth-order valence-electron chi connectivity index (χ4n) is 2.87. The summed E-state index contributed by atoms with van der Waals surface area (Å²) in [6.45, 7) is -0.0445. The van der Waals surface area contributed by atoms with E-state index < -0.39 is 11.6 Å². The monoisotopic (exact) mass is 300 g/mol. The van der Waals surface area contributed by atoms with Crippen LogP contribution in [-0.4, -0.2) is 23.8 Å². The average molecular weight is 300 g/mol. The second-order valence-electron chi connectivity index (χ2n) is 5.33. The highest BCUT2D eigenvalue weighted by Gasteiger charge is 2.41. The van der Waals surface area contributed by atoms with E-state index in [1.54, 1.807) is 12.1 Å². The Morgan fingerprint density at radius 3 is 2.45 bits per heavy atom. The van der Waals surface area contributed by atoms with Crippen LogP contribution in [0, 0.1) is 23.0 Å². The molecule has 3 nitrogen and oxygen atoms in total. The van der Waals surface area contributed by atoms with E-state index in [0.29, 0.717) is 11.1 Å². The molecule has 3 atom stereocenters. The highest BCUT2D eigenvalue weighted by Crippen LogP contribution is 2.33. The third-order valence-electron chi connectivity index (χ3n) is 4.06. The van der Waals surface area contributed by atoms with Gasteiger partial charge in [0.25, 0.3) is 0 Å². The fraction of sp³-hybridized carbons (Fsp3) is 0.235. The Morgan fingerprint density at radius 1 is 1.14 bits per heavy atom. The zero-order valence-electron chi connectivity index (χ0n) is 11.6. The first-order chi connectivity index (χ1) is 10.6. The van der Waals surface area contributed by atoms with Gasteiger partial charge in [-0.15, -0.1) is 0 Å². The first kappa shape index (κ1) is 14.6. The largest absolute Gasteiger partial charge is 0.395 e. The Bertz CT molecular complexity index is 724. The minimum atomic E-state index is -0.610. The normalized spacial score (nSPS) is 23.6. The average Bonchev–Trinajstić information content (AvgIpc) is 2.48. The number of halogens is 2. The van der Waals surface area contributed by atoms with Gasteiger partial charge in [0.15, 0.2) is 0 Å². The van der Waals surface area contributed by atoms with Crippen molar-refractivity contribution in [3.63, 3.8) is 0 Å². The maximum absolute atomic E-state index is 13.8. The summed E-state index contributed by atoms with van der Waals surface area (Å²) in [4.78, 5) is 0. The highest BCUT2D eigenvalue weighted by molar-refractivity contribution is 5.64. The molecule has 0 bridgehead atoms. The molecule has 3 rings (SSSR count). The van der Waals surface area contributed by atoms with Crippen LogP contribution < -0.4 is 5.32 Å². The van der Waals surface area contributed by atoms with Gasteiger partial charge in [0.1, 0.15) is 17.7 Å². The van der Waals surface area contributed by atoms with Crippen molar-refractivity contribution in [3.8, 4) is 17.2 Å². The summed E-state index contributed by atoms with van der Waals surface area (Å²) in [6.07, 6.45) is 0. The molecule has 1 aliphatic rings. The summed E-state index contributed by atoms with van der Waals surface area (Å²) >= 11 is 0. The Kier molecular flexibility index (Phi) is 3.88. The predicted molar refractivity (Wildman–Crippen MR) is 77.9 cm³/mol. The van der Waals surface area contributed by atoms with Crippen molar-refractivity contribution in [2.24, 2.45) is 0 Å². The van der Waals surface area contributed by atoms with Gasteiger partial charge >= 0.3 is 0 Å². The fourth-order valence-corrected chi connectivity index (χ4v) is 2.87. The van der Waals surface area contributed by atoms with Crippen molar-refractivity contribution < 1.29 is 13.9 Å². The van der Waals surface area contributed by atoms with E-state index >= 15 is 0 Å². The van der Waals surface area contributed by atoms with Crippen LogP contribution in [0.4, 0.5) is 8.78 Å². The van der Waals surface area contributed by atoms with Crippen molar-refractivity contribution >= 4 is 0 Å². The van der Waals surface area contributed by atoms with Crippen molar-refractivity contribution in [1.29, 1.82) is 5.26 Å². The Hall–Kier alpha value is -2.29. The number of aliphatic hydroxyl groups is 1. The van der Waals surface area contributed by atoms with Crippen molar-refractivity contribution in [2.45, 2.75) is 18.0 Å². The van der Waals surface area contributed by atoms with Crippen molar-refractivity contribution in [3.05, 3.63) is 59.7 Å². The van der Waals surface area contributed by atoms with Crippen LogP contribution in [0.25, 0.3) is 11.1 Å². The Labute approximate surface area is 126 Å². The molecule has 1 heterocycles. The minimum absolute atomic E-state index is 0.0445. The molecule has 0 radical (unpaired) electrons. The molecular weight excluding hydrogens is 286 g/mol. The second kappa shape index (κ2) is 5.84. The smallest absolute Gasteiger partial charge is 0.133 e. The van der Waals surface area contributed by atoms with Crippen LogP contribution in [0.15, 0.2) is 42.5 Å². The molecular formula is C17H14F2N2O. The zero-order chi connectivity index (χ0) is 15.7. The molecule has 112 valence electrons. The van der Waals surface area contributed by atoms with Crippen LogP contribution in [-0.2, 0) is 0 Å². The molecule has 2 N–H and O–H groups in total. The van der Waals surface area contributed by atoms with Crippen LogP contribution in [0.5, 0.6) is 0 Å².